The Labute approximate surface area is 169 Å². The summed E-state index contributed by atoms with van der Waals surface area (Å²) in [6.45, 7) is 7.22. The van der Waals surface area contributed by atoms with E-state index in [4.69, 9.17) is 0 Å². The second kappa shape index (κ2) is 8.50. The van der Waals surface area contributed by atoms with Crippen molar-refractivity contribution < 1.29 is 9.69 Å². The number of carbonyl (C=O) groups excluding carboxylic acids is 1. The van der Waals surface area contributed by atoms with E-state index >= 15 is 0 Å². The van der Waals surface area contributed by atoms with Crippen molar-refractivity contribution in [1.29, 1.82) is 0 Å². The maximum atomic E-state index is 12.3. The molecule has 0 bridgehead atoms. The smallest absolute Gasteiger partial charge is 0.269 e. The van der Waals surface area contributed by atoms with E-state index in [1.807, 2.05) is 12.1 Å². The topological polar surface area (TPSA) is 62.6 Å². The van der Waals surface area contributed by atoms with Gasteiger partial charge in [-0.3, -0.25) is 4.79 Å². The largest absolute Gasteiger partial charge is 0.360 e. The molecule has 1 amide bonds. The van der Waals surface area contributed by atoms with E-state index in [9.17, 15) is 4.79 Å². The third-order valence-electron chi connectivity index (χ3n) is 5.12. The summed E-state index contributed by atoms with van der Waals surface area (Å²) >= 11 is 1.12. The van der Waals surface area contributed by atoms with Crippen LogP contribution in [0.15, 0.2) is 54.6 Å². The molecule has 0 unspecified atom stereocenters. The number of nitrogens with one attached hydrogen (secondary N) is 2. The van der Waals surface area contributed by atoms with Gasteiger partial charge in [0.05, 0.1) is 31.9 Å². The molecule has 0 spiro atoms. The SMILES string of the molecule is Cc1nnsc1C(=O)Nc1ccc(N2CC[NH+](Cc3ccccc3)CC2)cc1. The molecule has 1 aliphatic rings. The quantitative estimate of drug-likeness (QED) is 0.695. The molecule has 28 heavy (non-hydrogen) atoms. The maximum absolute atomic E-state index is 12.3. The van der Waals surface area contributed by atoms with Gasteiger partial charge in [-0.2, -0.15) is 0 Å². The van der Waals surface area contributed by atoms with Gasteiger partial charge in [0.15, 0.2) is 0 Å². The number of rotatable bonds is 5. The molecule has 0 aliphatic carbocycles. The minimum atomic E-state index is -0.154. The lowest BCUT2D eigenvalue weighted by atomic mass is 10.2. The number of aryl methyl sites for hydroxylation is 1. The molecule has 1 aliphatic heterocycles. The summed E-state index contributed by atoms with van der Waals surface area (Å²) in [5, 5.41) is 6.80. The first-order valence-electron chi connectivity index (χ1n) is 9.52. The fourth-order valence-electron chi connectivity index (χ4n) is 3.53. The van der Waals surface area contributed by atoms with Gasteiger partial charge in [-0.15, -0.1) is 5.10 Å². The van der Waals surface area contributed by atoms with Crippen LogP contribution in [0, 0.1) is 6.92 Å². The molecule has 144 valence electrons. The Bertz CT molecular complexity index is 917. The van der Waals surface area contributed by atoms with Crippen molar-refractivity contribution in [2.75, 3.05) is 36.4 Å². The predicted molar refractivity (Wildman–Crippen MR) is 112 cm³/mol. The van der Waals surface area contributed by atoms with Gasteiger partial charge in [-0.1, -0.05) is 34.8 Å². The average Bonchev–Trinajstić information content (AvgIpc) is 3.16. The average molecular weight is 395 g/mol. The van der Waals surface area contributed by atoms with Gasteiger partial charge >= 0.3 is 0 Å². The highest BCUT2D eigenvalue weighted by Crippen LogP contribution is 2.19. The summed E-state index contributed by atoms with van der Waals surface area (Å²) in [5.41, 5.74) is 4.05. The van der Waals surface area contributed by atoms with E-state index in [-0.39, 0.29) is 5.91 Å². The van der Waals surface area contributed by atoms with Crippen LogP contribution in [0.2, 0.25) is 0 Å². The molecule has 6 nitrogen and oxygen atoms in total. The molecule has 3 aromatic rings. The lowest BCUT2D eigenvalue weighted by Crippen LogP contribution is -3.13. The zero-order valence-corrected chi connectivity index (χ0v) is 16.7. The summed E-state index contributed by atoms with van der Waals surface area (Å²) in [4.78, 5) is 16.9. The molecule has 2 N–H and O–H groups in total. The Morgan fingerprint density at radius 3 is 2.46 bits per heavy atom. The third-order valence-corrected chi connectivity index (χ3v) is 5.94. The van der Waals surface area contributed by atoms with Crippen molar-refractivity contribution >= 4 is 28.8 Å². The van der Waals surface area contributed by atoms with Crippen molar-refractivity contribution in [3.8, 4) is 0 Å². The van der Waals surface area contributed by atoms with Crippen molar-refractivity contribution in [3.63, 3.8) is 0 Å². The number of hydrogen-bond acceptors (Lipinski definition) is 5. The first-order chi connectivity index (χ1) is 13.7. The molecule has 1 fully saturated rings. The third kappa shape index (κ3) is 4.37. The molecule has 2 heterocycles. The highest BCUT2D eigenvalue weighted by Gasteiger charge is 2.20. The Morgan fingerprint density at radius 2 is 1.82 bits per heavy atom. The summed E-state index contributed by atoms with van der Waals surface area (Å²) in [6.07, 6.45) is 0. The Morgan fingerprint density at radius 1 is 1.11 bits per heavy atom. The van der Waals surface area contributed by atoms with E-state index in [1.54, 1.807) is 11.8 Å². The molecule has 7 heteroatoms. The first-order valence-corrected chi connectivity index (χ1v) is 10.3. The Balaban J connectivity index is 1.31. The number of quaternary nitrogens is 1. The molecule has 1 aromatic heterocycles. The second-order valence-corrected chi connectivity index (χ2v) is 7.84. The van der Waals surface area contributed by atoms with E-state index in [0.29, 0.717) is 10.6 Å². The summed E-state index contributed by atoms with van der Waals surface area (Å²) < 4.78 is 3.81. The summed E-state index contributed by atoms with van der Waals surface area (Å²) in [5.74, 6) is -0.154. The predicted octanol–water partition coefficient (Wildman–Crippen LogP) is 2.00. The van der Waals surface area contributed by atoms with Crippen molar-refractivity contribution in [2.45, 2.75) is 13.5 Å². The Hall–Kier alpha value is -2.77. The van der Waals surface area contributed by atoms with Crippen LogP contribution in [0.5, 0.6) is 0 Å². The molecule has 4 rings (SSSR count). The first kappa shape index (κ1) is 18.6. The van der Waals surface area contributed by atoms with Crippen molar-refractivity contribution in [2.24, 2.45) is 0 Å². The van der Waals surface area contributed by atoms with Crippen LogP contribution in [-0.4, -0.2) is 41.7 Å². The fourth-order valence-corrected chi connectivity index (χ4v) is 4.08. The van der Waals surface area contributed by atoms with E-state index in [0.717, 1.165) is 49.9 Å². The number of anilines is 2. The van der Waals surface area contributed by atoms with Gasteiger partial charge < -0.3 is 15.1 Å². The van der Waals surface area contributed by atoms with Crippen LogP contribution in [0.1, 0.15) is 20.9 Å². The highest BCUT2D eigenvalue weighted by atomic mass is 32.1. The van der Waals surface area contributed by atoms with Crippen LogP contribution in [0.25, 0.3) is 0 Å². The number of benzene rings is 2. The summed E-state index contributed by atoms with van der Waals surface area (Å²) in [6, 6.07) is 18.8. The zero-order valence-electron chi connectivity index (χ0n) is 15.9. The van der Waals surface area contributed by atoms with Gasteiger partial charge in [-0.05, 0) is 42.7 Å². The number of amides is 1. The van der Waals surface area contributed by atoms with Crippen LogP contribution >= 0.6 is 11.5 Å². The molecular formula is C21H24N5OS+. The minimum Gasteiger partial charge on any atom is -0.360 e. The maximum Gasteiger partial charge on any atom is 0.269 e. The van der Waals surface area contributed by atoms with Gasteiger partial charge in [0, 0.05) is 16.9 Å². The molecule has 0 radical (unpaired) electrons. The number of aromatic nitrogens is 2. The molecule has 0 saturated carbocycles. The number of piperazine rings is 1. The van der Waals surface area contributed by atoms with Crippen molar-refractivity contribution in [1.82, 2.24) is 9.59 Å². The zero-order chi connectivity index (χ0) is 19.3. The van der Waals surface area contributed by atoms with E-state index in [2.05, 4.69) is 62.3 Å². The van der Waals surface area contributed by atoms with E-state index in [1.165, 1.54) is 11.3 Å². The van der Waals surface area contributed by atoms with Gasteiger partial charge in [0.2, 0.25) is 0 Å². The van der Waals surface area contributed by atoms with Crippen molar-refractivity contribution in [3.05, 3.63) is 70.7 Å². The van der Waals surface area contributed by atoms with Gasteiger partial charge in [-0.25, -0.2) is 0 Å². The molecule has 1 saturated heterocycles. The molecule has 0 atom stereocenters. The van der Waals surface area contributed by atoms with Crippen LogP contribution in [0.4, 0.5) is 11.4 Å². The van der Waals surface area contributed by atoms with Gasteiger partial charge in [0.1, 0.15) is 11.4 Å². The normalized spacial score (nSPS) is 14.8. The van der Waals surface area contributed by atoms with Gasteiger partial charge in [0.25, 0.3) is 5.91 Å². The van der Waals surface area contributed by atoms with Crippen LogP contribution in [-0.2, 0) is 6.54 Å². The summed E-state index contributed by atoms with van der Waals surface area (Å²) in [7, 11) is 0. The fraction of sp³-hybridized carbons (Fsp3) is 0.286. The molecular weight excluding hydrogens is 370 g/mol. The Kier molecular flexibility index (Phi) is 5.64. The lowest BCUT2D eigenvalue weighted by Gasteiger charge is -2.33. The standard InChI is InChI=1S/C21H23N5OS/c1-16-20(28-24-23-16)21(27)22-18-7-9-19(10-8-18)26-13-11-25(12-14-26)15-17-5-3-2-4-6-17/h2-10H,11-15H2,1H3,(H,22,27)/p+1. The number of nitrogens with zero attached hydrogens (tertiary/aromatic N) is 3. The second-order valence-electron chi connectivity index (χ2n) is 7.09. The number of hydrogen-bond donors (Lipinski definition) is 2. The monoisotopic (exact) mass is 394 g/mol. The minimum absolute atomic E-state index is 0.154. The number of carbonyl (C=O) groups is 1. The van der Waals surface area contributed by atoms with Crippen LogP contribution < -0.4 is 15.1 Å². The van der Waals surface area contributed by atoms with E-state index < -0.39 is 0 Å². The van der Waals surface area contributed by atoms with Crippen LogP contribution in [0.3, 0.4) is 0 Å². The molecule has 2 aromatic carbocycles. The highest BCUT2D eigenvalue weighted by molar-refractivity contribution is 7.08. The lowest BCUT2D eigenvalue weighted by molar-refractivity contribution is -0.914.